The van der Waals surface area contributed by atoms with Crippen LogP contribution < -0.4 is 5.73 Å². The molecule has 0 unspecified atom stereocenters. The van der Waals surface area contributed by atoms with E-state index in [0.717, 1.165) is 43.4 Å². The predicted octanol–water partition coefficient (Wildman–Crippen LogP) is 3.04. The monoisotopic (exact) mass is 285 g/mol. The molecule has 0 aromatic carbocycles. The van der Waals surface area contributed by atoms with E-state index >= 15 is 0 Å². The Bertz CT molecular complexity index is 422. The molecule has 2 rings (SSSR count). The number of hydrogen-bond donors (Lipinski definition) is 1. The maximum atomic E-state index is 11.9. The number of aromatic nitrogens is 2. The molecule has 5 heteroatoms. The molecule has 0 radical (unpaired) electrons. The van der Waals surface area contributed by atoms with E-state index in [2.05, 4.69) is 5.10 Å². The number of halogens is 1. The second-order valence-electron chi connectivity index (χ2n) is 5.33. The zero-order chi connectivity index (χ0) is 13.1. The van der Waals surface area contributed by atoms with Crippen LogP contribution in [0, 0.1) is 6.92 Å². The normalized spacial score (nSPS) is 22.9. The number of carbonyl (C=O) groups is 1. The largest absolute Gasteiger partial charge is 0.328 e. The molecule has 0 amide bonds. The zero-order valence-electron chi connectivity index (χ0n) is 11.8. The molecular formula is C14H24ClN3O. The van der Waals surface area contributed by atoms with Gasteiger partial charge in [0.25, 0.3) is 0 Å². The van der Waals surface area contributed by atoms with Crippen LogP contribution in [-0.4, -0.2) is 21.6 Å². The van der Waals surface area contributed by atoms with Gasteiger partial charge >= 0.3 is 0 Å². The van der Waals surface area contributed by atoms with E-state index in [9.17, 15) is 4.79 Å². The summed E-state index contributed by atoms with van der Waals surface area (Å²) in [6.45, 7) is 4.03. The Hall–Kier alpha value is -0.870. The van der Waals surface area contributed by atoms with Gasteiger partial charge in [-0.15, -0.1) is 12.4 Å². The molecular weight excluding hydrogens is 262 g/mol. The lowest BCUT2D eigenvalue weighted by molar-refractivity contribution is 0.0981. The number of ketones is 1. The van der Waals surface area contributed by atoms with Gasteiger partial charge in [0.2, 0.25) is 0 Å². The fourth-order valence-electron chi connectivity index (χ4n) is 2.77. The van der Waals surface area contributed by atoms with Gasteiger partial charge < -0.3 is 5.73 Å². The molecule has 4 nitrogen and oxygen atoms in total. The summed E-state index contributed by atoms with van der Waals surface area (Å²) in [5.41, 5.74) is 7.74. The molecule has 2 N–H and O–H groups in total. The van der Waals surface area contributed by atoms with Crippen molar-refractivity contribution >= 4 is 18.2 Å². The molecule has 0 spiro atoms. The Balaban J connectivity index is 0.00000180. The van der Waals surface area contributed by atoms with Crippen molar-refractivity contribution in [1.29, 1.82) is 0 Å². The summed E-state index contributed by atoms with van der Waals surface area (Å²) in [4.78, 5) is 11.9. The fourth-order valence-corrected chi connectivity index (χ4v) is 2.77. The van der Waals surface area contributed by atoms with E-state index < -0.39 is 0 Å². The topological polar surface area (TPSA) is 60.9 Å². The van der Waals surface area contributed by atoms with Crippen molar-refractivity contribution in [1.82, 2.24) is 9.78 Å². The summed E-state index contributed by atoms with van der Waals surface area (Å²) in [5.74, 6) is 0.216. The summed E-state index contributed by atoms with van der Waals surface area (Å²) in [6.07, 6.45) is 7.51. The van der Waals surface area contributed by atoms with E-state index in [1.54, 1.807) is 6.20 Å². The molecule has 0 saturated heterocycles. The number of nitrogens with zero attached hydrogens (tertiary/aromatic N) is 2. The van der Waals surface area contributed by atoms with Gasteiger partial charge in [0.1, 0.15) is 0 Å². The summed E-state index contributed by atoms with van der Waals surface area (Å²) in [5, 5.41) is 4.42. The maximum absolute atomic E-state index is 11.9. The maximum Gasteiger partial charge on any atom is 0.166 e. The lowest BCUT2D eigenvalue weighted by Gasteiger charge is -2.27. The van der Waals surface area contributed by atoms with E-state index in [1.807, 2.05) is 18.5 Å². The molecule has 0 aliphatic heterocycles. The molecule has 1 aliphatic rings. The second-order valence-corrected chi connectivity index (χ2v) is 5.33. The van der Waals surface area contributed by atoms with Crippen LogP contribution in [0.4, 0.5) is 0 Å². The van der Waals surface area contributed by atoms with Crippen molar-refractivity contribution in [3.8, 4) is 0 Å². The van der Waals surface area contributed by atoms with Crippen LogP contribution in [0.15, 0.2) is 6.20 Å². The van der Waals surface area contributed by atoms with E-state index in [0.29, 0.717) is 18.5 Å². The van der Waals surface area contributed by atoms with Crippen LogP contribution in [0.25, 0.3) is 0 Å². The van der Waals surface area contributed by atoms with Gasteiger partial charge in [0.15, 0.2) is 5.78 Å². The standard InChI is InChI=1S/C14H23N3O.ClH/c1-3-4-14(18)13-9-16-17(10(13)2)12-7-5-11(15)6-8-12;/h9,11-12H,3-8,15H2,1-2H3;1H. The predicted molar refractivity (Wildman–Crippen MR) is 78.9 cm³/mol. The van der Waals surface area contributed by atoms with Gasteiger partial charge in [-0.3, -0.25) is 9.48 Å². The Labute approximate surface area is 121 Å². The molecule has 1 aliphatic carbocycles. The SMILES string of the molecule is CCCC(=O)c1cnn(C2CCC(N)CC2)c1C.Cl. The van der Waals surface area contributed by atoms with E-state index in [4.69, 9.17) is 5.73 Å². The first-order valence-corrected chi connectivity index (χ1v) is 6.96. The van der Waals surface area contributed by atoms with Crippen molar-refractivity contribution < 1.29 is 4.79 Å². The highest BCUT2D eigenvalue weighted by molar-refractivity contribution is 5.96. The molecule has 108 valence electrons. The highest BCUT2D eigenvalue weighted by Crippen LogP contribution is 2.29. The van der Waals surface area contributed by atoms with Gasteiger partial charge in [-0.05, 0) is 39.0 Å². The Morgan fingerprint density at radius 1 is 1.42 bits per heavy atom. The number of hydrogen-bond acceptors (Lipinski definition) is 3. The number of nitrogens with two attached hydrogens (primary N) is 1. The third-order valence-corrected chi connectivity index (χ3v) is 3.91. The second kappa shape index (κ2) is 7.06. The van der Waals surface area contributed by atoms with Crippen LogP contribution >= 0.6 is 12.4 Å². The van der Waals surface area contributed by atoms with Gasteiger partial charge in [0, 0.05) is 18.2 Å². The van der Waals surface area contributed by atoms with Gasteiger partial charge in [0.05, 0.1) is 17.8 Å². The Morgan fingerprint density at radius 2 is 2.05 bits per heavy atom. The van der Waals surface area contributed by atoms with Crippen molar-refractivity contribution in [2.24, 2.45) is 5.73 Å². The van der Waals surface area contributed by atoms with Crippen LogP contribution in [-0.2, 0) is 0 Å². The van der Waals surface area contributed by atoms with Crippen LogP contribution in [0.3, 0.4) is 0 Å². The van der Waals surface area contributed by atoms with Gasteiger partial charge in [-0.1, -0.05) is 6.92 Å². The summed E-state index contributed by atoms with van der Waals surface area (Å²) >= 11 is 0. The highest BCUT2D eigenvalue weighted by Gasteiger charge is 2.23. The highest BCUT2D eigenvalue weighted by atomic mass is 35.5. The first-order valence-electron chi connectivity index (χ1n) is 6.96. The third kappa shape index (κ3) is 3.57. The molecule has 0 bridgehead atoms. The zero-order valence-corrected chi connectivity index (χ0v) is 12.6. The van der Waals surface area contributed by atoms with Crippen molar-refractivity contribution in [2.75, 3.05) is 0 Å². The Morgan fingerprint density at radius 3 is 2.63 bits per heavy atom. The van der Waals surface area contributed by atoms with Crippen LogP contribution in [0.5, 0.6) is 0 Å². The average molecular weight is 286 g/mol. The molecule has 1 fully saturated rings. The van der Waals surface area contributed by atoms with Gasteiger partial charge in [-0.2, -0.15) is 5.10 Å². The molecule has 1 aromatic heterocycles. The molecule has 1 heterocycles. The third-order valence-electron chi connectivity index (χ3n) is 3.91. The first kappa shape index (κ1) is 16.2. The van der Waals surface area contributed by atoms with Crippen molar-refractivity contribution in [3.63, 3.8) is 0 Å². The number of carbonyl (C=O) groups excluding carboxylic acids is 1. The number of Topliss-reactive ketones (excluding diaryl/α,β-unsaturated/α-hetero) is 1. The van der Waals surface area contributed by atoms with Crippen molar-refractivity contribution in [3.05, 3.63) is 17.5 Å². The summed E-state index contributed by atoms with van der Waals surface area (Å²) in [6, 6.07) is 0.770. The van der Waals surface area contributed by atoms with Crippen LogP contribution in [0.1, 0.15) is 67.5 Å². The van der Waals surface area contributed by atoms with Crippen LogP contribution in [0.2, 0.25) is 0 Å². The first-order chi connectivity index (χ1) is 8.63. The van der Waals surface area contributed by atoms with E-state index in [1.165, 1.54) is 0 Å². The minimum Gasteiger partial charge on any atom is -0.328 e. The summed E-state index contributed by atoms with van der Waals surface area (Å²) in [7, 11) is 0. The average Bonchev–Trinajstić information content (AvgIpc) is 2.73. The minimum absolute atomic E-state index is 0. The van der Waals surface area contributed by atoms with Crippen molar-refractivity contribution in [2.45, 2.75) is 64.5 Å². The lowest BCUT2D eigenvalue weighted by atomic mass is 9.92. The molecule has 1 saturated carbocycles. The summed E-state index contributed by atoms with van der Waals surface area (Å²) < 4.78 is 2.04. The fraction of sp³-hybridized carbons (Fsp3) is 0.714. The lowest BCUT2D eigenvalue weighted by Crippen LogP contribution is -2.28. The molecule has 19 heavy (non-hydrogen) atoms. The molecule has 0 atom stereocenters. The quantitative estimate of drug-likeness (QED) is 0.865. The molecule has 1 aromatic rings. The Kier molecular flexibility index (Phi) is 6.01. The minimum atomic E-state index is 0. The van der Waals surface area contributed by atoms with E-state index in [-0.39, 0.29) is 18.2 Å². The van der Waals surface area contributed by atoms with Gasteiger partial charge in [-0.25, -0.2) is 0 Å². The number of rotatable bonds is 4. The smallest absolute Gasteiger partial charge is 0.166 e.